The van der Waals surface area contributed by atoms with Crippen LogP contribution in [0.25, 0.3) is 64.5 Å². The van der Waals surface area contributed by atoms with E-state index in [0.717, 1.165) is 47.2 Å². The Bertz CT molecular complexity index is 3820. The summed E-state index contributed by atoms with van der Waals surface area (Å²) in [6, 6.07) is 69.2. The lowest BCUT2D eigenvalue weighted by Crippen LogP contribution is -2.26. The first kappa shape index (κ1) is 42.9. The van der Waals surface area contributed by atoms with Crippen LogP contribution in [0.5, 0.6) is 0 Å². The fourth-order valence-corrected chi connectivity index (χ4v) is 15.2. The molecule has 344 valence electrons. The second-order valence-corrected chi connectivity index (χ2v) is 22.1. The lowest BCUT2D eigenvalue weighted by Gasteiger charge is -2.32. The number of hydrogen-bond donors (Lipinski definition) is 0. The van der Waals surface area contributed by atoms with Crippen LogP contribution < -0.4 is 9.80 Å². The molecule has 0 unspecified atom stereocenters. The number of thiophene rings is 2. The Morgan fingerprint density at radius 1 is 0.394 bits per heavy atom. The summed E-state index contributed by atoms with van der Waals surface area (Å²) < 4.78 is 4.97. The fourth-order valence-electron chi connectivity index (χ4n) is 12.3. The molecule has 0 saturated carbocycles. The molecule has 0 amide bonds. The van der Waals surface area contributed by atoms with Crippen LogP contribution in [0.2, 0.25) is 0 Å². The smallest absolute Gasteiger partial charge is 0.0743 e. The highest BCUT2D eigenvalue weighted by atomic mass is 32.2. The van der Waals surface area contributed by atoms with E-state index in [1.54, 1.807) is 23.5 Å². The quantitative estimate of drug-likeness (QED) is 0.127. The molecule has 2 aliphatic carbocycles. The molecule has 0 radical (unpaired) electrons. The van der Waals surface area contributed by atoms with Gasteiger partial charge < -0.3 is 18.9 Å². The molecule has 1 spiro atoms. The van der Waals surface area contributed by atoms with Crippen molar-refractivity contribution < 1.29 is 0 Å². The third kappa shape index (κ3) is 6.18. The van der Waals surface area contributed by atoms with E-state index in [2.05, 4.69) is 238 Å². The van der Waals surface area contributed by atoms with Gasteiger partial charge in [-0.1, -0.05) is 72.8 Å². The number of hydrogen-bond acceptors (Lipinski definition) is 6. The zero-order valence-corrected chi connectivity index (χ0v) is 43.1. The predicted octanol–water partition coefficient (Wildman–Crippen LogP) is 18.8. The minimum atomic E-state index is -0.507. The van der Waals surface area contributed by atoms with Gasteiger partial charge >= 0.3 is 0 Å². The Hall–Kier alpha value is -6.94. The lowest BCUT2D eigenvalue weighted by molar-refractivity contribution is 0.798. The Balaban J connectivity index is 0.976. The van der Waals surface area contributed by atoms with Crippen molar-refractivity contribution in [2.24, 2.45) is 0 Å². The molecule has 0 fully saturated rings. The summed E-state index contributed by atoms with van der Waals surface area (Å²) in [4.78, 5) is 10.3. The van der Waals surface area contributed by atoms with Gasteiger partial charge in [0.2, 0.25) is 0 Å². The van der Waals surface area contributed by atoms with Gasteiger partial charge in [0.1, 0.15) is 0 Å². The number of aryl methyl sites for hydroxylation is 2. The molecule has 0 atom stereocenters. The van der Waals surface area contributed by atoms with Crippen molar-refractivity contribution in [2.75, 3.05) is 22.3 Å². The number of anilines is 6. The predicted molar refractivity (Wildman–Crippen MR) is 309 cm³/mol. The molecule has 12 aromatic rings. The molecule has 0 saturated heterocycles. The Labute approximate surface area is 430 Å². The van der Waals surface area contributed by atoms with E-state index in [9.17, 15) is 0 Å². The lowest BCUT2D eigenvalue weighted by atomic mass is 9.71. The van der Waals surface area contributed by atoms with Gasteiger partial charge in [0, 0.05) is 88.3 Å². The monoisotopic (exact) mass is 988 g/mol. The normalized spacial score (nSPS) is 13.1. The molecule has 2 aliphatic rings. The highest BCUT2D eigenvalue weighted by Crippen LogP contribution is 2.66. The summed E-state index contributed by atoms with van der Waals surface area (Å²) >= 11 is 7.35. The summed E-state index contributed by atoms with van der Waals surface area (Å²) in [7, 11) is 0. The van der Waals surface area contributed by atoms with Gasteiger partial charge in [0.25, 0.3) is 0 Å². The topological polar surface area (TPSA) is 16.3 Å². The van der Waals surface area contributed by atoms with Crippen molar-refractivity contribution in [1.82, 2.24) is 9.13 Å². The van der Waals surface area contributed by atoms with Crippen molar-refractivity contribution >= 4 is 124 Å². The maximum atomic E-state index is 2.52. The van der Waals surface area contributed by atoms with Gasteiger partial charge in [-0.25, -0.2) is 0 Å². The van der Waals surface area contributed by atoms with Crippen LogP contribution in [0.15, 0.2) is 203 Å². The average Bonchev–Trinajstić information content (AvgIpc) is 4.29. The van der Waals surface area contributed by atoms with Gasteiger partial charge in [-0.05, 0) is 180 Å². The molecule has 14 rings (SSSR count). The van der Waals surface area contributed by atoms with Gasteiger partial charge in [-0.3, -0.25) is 0 Å². The first-order chi connectivity index (χ1) is 35.0. The number of para-hydroxylation sites is 2. The molecule has 0 bridgehead atoms. The zero-order valence-electron chi connectivity index (χ0n) is 39.8. The largest absolute Gasteiger partial charge is 0.341 e. The number of benzene rings is 8. The van der Waals surface area contributed by atoms with E-state index in [1.807, 2.05) is 22.7 Å². The van der Waals surface area contributed by atoms with Crippen LogP contribution in [0.3, 0.4) is 0 Å². The summed E-state index contributed by atoms with van der Waals surface area (Å²) in [6.45, 7) is 6.30. The SMILES string of the molecule is CCn1c2cc(SC)ccc2c2ccc(N(c3ccccc3)c3ccc4c(c3)C3(c5cc(N(c6ccccc6)c6ccc7c8ccc(SC)cc8n(CC)c7c6)ccc5-4)c4ccsc4-c4sccc43)cc21. The van der Waals surface area contributed by atoms with Gasteiger partial charge in [-0.2, -0.15) is 0 Å². The Morgan fingerprint density at radius 2 is 0.775 bits per heavy atom. The van der Waals surface area contributed by atoms with Crippen LogP contribution >= 0.6 is 46.2 Å². The van der Waals surface area contributed by atoms with E-state index in [1.165, 1.54) is 96.5 Å². The third-order valence-corrected chi connectivity index (χ3v) is 18.7. The summed E-state index contributed by atoms with van der Waals surface area (Å²) in [5.41, 5.74) is 19.4. The average molecular weight is 989 g/mol. The number of rotatable bonds is 10. The maximum Gasteiger partial charge on any atom is 0.0743 e. The Kier molecular flexibility index (Phi) is 10.0. The van der Waals surface area contributed by atoms with E-state index in [4.69, 9.17) is 0 Å². The molecule has 8 aromatic carbocycles. The van der Waals surface area contributed by atoms with Crippen molar-refractivity contribution in [2.45, 2.75) is 42.1 Å². The summed E-state index contributed by atoms with van der Waals surface area (Å²) in [5.74, 6) is 0. The second-order valence-electron chi connectivity index (χ2n) is 18.5. The van der Waals surface area contributed by atoms with Crippen molar-refractivity contribution in [3.05, 3.63) is 215 Å². The van der Waals surface area contributed by atoms with Gasteiger partial charge in [-0.15, -0.1) is 46.2 Å². The van der Waals surface area contributed by atoms with Gasteiger partial charge in [0.15, 0.2) is 0 Å². The van der Waals surface area contributed by atoms with Crippen molar-refractivity contribution in [3.63, 3.8) is 0 Å². The van der Waals surface area contributed by atoms with E-state index >= 15 is 0 Å². The van der Waals surface area contributed by atoms with E-state index < -0.39 is 5.41 Å². The highest BCUT2D eigenvalue weighted by Gasteiger charge is 2.53. The molecular formula is C63H48N4S4. The first-order valence-corrected chi connectivity index (χ1v) is 28.6. The summed E-state index contributed by atoms with van der Waals surface area (Å²) in [6.07, 6.45) is 4.32. The van der Waals surface area contributed by atoms with E-state index in [0.29, 0.717) is 0 Å². The highest BCUT2D eigenvalue weighted by molar-refractivity contribution is 7.98. The molecule has 4 heterocycles. The van der Waals surface area contributed by atoms with Crippen LogP contribution in [0.1, 0.15) is 36.1 Å². The maximum absolute atomic E-state index is 2.52. The molecular weight excluding hydrogens is 941 g/mol. The first-order valence-electron chi connectivity index (χ1n) is 24.4. The number of fused-ring (bicyclic) bond motifs is 16. The number of nitrogens with zero attached hydrogens (tertiary/aromatic N) is 4. The molecule has 0 N–H and O–H groups in total. The van der Waals surface area contributed by atoms with Crippen LogP contribution in [0, 0.1) is 0 Å². The molecule has 8 heteroatoms. The van der Waals surface area contributed by atoms with Crippen molar-refractivity contribution in [3.8, 4) is 20.9 Å². The zero-order chi connectivity index (χ0) is 47.5. The number of thioether (sulfide) groups is 2. The van der Waals surface area contributed by atoms with E-state index in [-0.39, 0.29) is 0 Å². The van der Waals surface area contributed by atoms with Crippen LogP contribution in [0.4, 0.5) is 34.1 Å². The second kappa shape index (κ2) is 16.6. The minimum absolute atomic E-state index is 0.507. The molecule has 4 aromatic heterocycles. The van der Waals surface area contributed by atoms with Gasteiger partial charge in [0.05, 0.1) is 27.5 Å². The van der Waals surface area contributed by atoms with Crippen LogP contribution in [-0.4, -0.2) is 21.6 Å². The molecule has 71 heavy (non-hydrogen) atoms. The van der Waals surface area contributed by atoms with Crippen molar-refractivity contribution in [1.29, 1.82) is 0 Å². The number of aromatic nitrogens is 2. The minimum Gasteiger partial charge on any atom is -0.341 e. The van der Waals surface area contributed by atoms with Crippen LogP contribution in [-0.2, 0) is 18.5 Å². The Morgan fingerprint density at radius 3 is 1.18 bits per heavy atom. The standard InChI is InChI=1S/C63H48N4S4/c1-5-64-57-35-43(19-25-49(57)51-27-21-45(68-3)37-59(51)64)66(39-13-9-7-10-14-39)41-17-23-47-48-24-18-42(34-56(48)63(55(47)33-41)53-29-31-70-61(53)62-54(63)30-32-71-62)67(40-15-11-8-12-16-40)44-20-26-50-52-28-22-46(69-4)38-60(52)65(6-2)58(50)36-44/h7-38H,5-6H2,1-4H3. The fraction of sp³-hybridized carbons (Fsp3) is 0.111. The molecule has 4 nitrogen and oxygen atoms in total. The third-order valence-electron chi connectivity index (χ3n) is 15.3. The molecule has 0 aliphatic heterocycles. The summed E-state index contributed by atoms with van der Waals surface area (Å²) in [5, 5.41) is 9.78.